The second kappa shape index (κ2) is 4.75. The molecule has 1 aromatic rings. The second-order valence-electron chi connectivity index (χ2n) is 4.55. The molecule has 6 nitrogen and oxygen atoms in total. The van der Waals surface area contributed by atoms with Crippen LogP contribution in [-0.2, 0) is 9.53 Å². The van der Waals surface area contributed by atoms with Crippen molar-refractivity contribution in [1.29, 1.82) is 0 Å². The van der Waals surface area contributed by atoms with Gasteiger partial charge in [-0.2, -0.15) is 5.10 Å². The van der Waals surface area contributed by atoms with Crippen LogP contribution in [0.5, 0.6) is 0 Å². The minimum Gasteiger partial charge on any atom is -0.394 e. The molecule has 1 aromatic heterocycles. The zero-order valence-electron chi connectivity index (χ0n) is 10.1. The van der Waals surface area contributed by atoms with Gasteiger partial charge in [0.15, 0.2) is 5.82 Å². The number of ether oxygens (including phenoxy) is 1. The first-order valence-electron chi connectivity index (χ1n) is 5.78. The van der Waals surface area contributed by atoms with Crippen LogP contribution in [0.25, 0.3) is 0 Å². The predicted molar refractivity (Wildman–Crippen MR) is 64.5 cm³/mol. The molecule has 1 aliphatic heterocycles. The molecule has 6 heteroatoms. The predicted octanol–water partition coefficient (Wildman–Crippen LogP) is 0.911. The number of H-pyrrole nitrogens is 1. The van der Waals surface area contributed by atoms with Crippen molar-refractivity contribution in [3.8, 4) is 0 Å². The second-order valence-corrected chi connectivity index (χ2v) is 4.55. The Hall–Kier alpha value is -1.56. The van der Waals surface area contributed by atoms with Crippen LogP contribution in [-0.4, -0.2) is 29.3 Å². The molecule has 1 amide bonds. The Morgan fingerprint density at radius 1 is 1.65 bits per heavy atom. The number of anilines is 2. The lowest BCUT2D eigenvalue weighted by molar-refractivity contribution is -0.125. The Morgan fingerprint density at radius 2 is 2.41 bits per heavy atom. The Bertz CT molecular complexity index is 416. The summed E-state index contributed by atoms with van der Waals surface area (Å²) < 4.78 is 5.31. The van der Waals surface area contributed by atoms with Gasteiger partial charge in [-0.25, -0.2) is 0 Å². The fraction of sp³-hybridized carbons (Fsp3) is 0.636. The number of rotatable bonds is 2. The molecule has 0 spiro atoms. The van der Waals surface area contributed by atoms with Gasteiger partial charge in [-0.15, -0.1) is 0 Å². The van der Waals surface area contributed by atoms with Gasteiger partial charge >= 0.3 is 0 Å². The minimum atomic E-state index is -0.0287. The number of nitrogen functional groups attached to an aromatic ring is 1. The lowest BCUT2D eigenvalue weighted by Crippen LogP contribution is -2.35. The Kier molecular flexibility index (Phi) is 3.33. The third-order valence-electron chi connectivity index (χ3n) is 3.21. The molecule has 0 saturated carbocycles. The first kappa shape index (κ1) is 11.9. The molecule has 1 fully saturated rings. The molecule has 0 aliphatic carbocycles. The smallest absolute Gasteiger partial charge is 0.229 e. The number of nitrogens with two attached hydrogens (primary N) is 1. The molecule has 17 heavy (non-hydrogen) atoms. The Balaban J connectivity index is 2.03. The fourth-order valence-electron chi connectivity index (χ4n) is 2.01. The van der Waals surface area contributed by atoms with E-state index in [1.54, 1.807) is 0 Å². The molecule has 94 valence electrons. The zero-order valence-corrected chi connectivity index (χ0v) is 10.1. The van der Waals surface area contributed by atoms with Crippen LogP contribution < -0.4 is 11.1 Å². The zero-order chi connectivity index (χ0) is 12.4. The summed E-state index contributed by atoms with van der Waals surface area (Å²) in [6, 6.07) is 0. The molecule has 2 rings (SSSR count). The third-order valence-corrected chi connectivity index (χ3v) is 3.21. The average Bonchev–Trinajstić information content (AvgIpc) is 2.61. The molecular formula is C11H18N4O2. The van der Waals surface area contributed by atoms with E-state index in [2.05, 4.69) is 15.5 Å². The number of aryl methyl sites for hydroxylation is 1. The van der Waals surface area contributed by atoms with Gasteiger partial charge in [0.1, 0.15) is 0 Å². The lowest BCUT2D eigenvalue weighted by Gasteiger charge is -2.27. The van der Waals surface area contributed by atoms with Crippen molar-refractivity contribution < 1.29 is 9.53 Å². The number of amides is 1. The molecular weight excluding hydrogens is 220 g/mol. The van der Waals surface area contributed by atoms with Crippen molar-refractivity contribution >= 4 is 17.4 Å². The Morgan fingerprint density at radius 3 is 3.00 bits per heavy atom. The van der Waals surface area contributed by atoms with Crippen LogP contribution in [0.15, 0.2) is 0 Å². The maximum Gasteiger partial charge on any atom is 0.229 e. The molecule has 1 saturated heterocycles. The van der Waals surface area contributed by atoms with Crippen molar-refractivity contribution in [3.05, 3.63) is 5.69 Å². The van der Waals surface area contributed by atoms with Gasteiger partial charge in [0.05, 0.1) is 11.4 Å². The van der Waals surface area contributed by atoms with E-state index in [0.29, 0.717) is 24.7 Å². The van der Waals surface area contributed by atoms with E-state index < -0.39 is 0 Å². The van der Waals surface area contributed by atoms with Gasteiger partial charge in [0, 0.05) is 19.1 Å². The SMILES string of the molecule is Cc1[nH]nc(NC(=O)C2CCOCC2C)c1N. The van der Waals surface area contributed by atoms with Crippen molar-refractivity contribution in [1.82, 2.24) is 10.2 Å². The standard InChI is InChI=1S/C11H18N4O2/c1-6-5-17-4-3-8(6)11(16)13-10-9(12)7(2)14-15-10/h6,8H,3-5,12H2,1-2H3,(H2,13,14,15,16). The summed E-state index contributed by atoms with van der Waals surface area (Å²) in [6.45, 7) is 5.10. The summed E-state index contributed by atoms with van der Waals surface area (Å²) in [4.78, 5) is 12.1. The minimum absolute atomic E-state index is 0.0276. The highest BCUT2D eigenvalue weighted by Crippen LogP contribution is 2.24. The number of nitrogens with zero attached hydrogens (tertiary/aromatic N) is 1. The summed E-state index contributed by atoms with van der Waals surface area (Å²) in [7, 11) is 0. The van der Waals surface area contributed by atoms with E-state index in [-0.39, 0.29) is 17.7 Å². The maximum atomic E-state index is 12.1. The number of carbonyl (C=O) groups is 1. The normalized spacial score (nSPS) is 24.6. The van der Waals surface area contributed by atoms with E-state index in [4.69, 9.17) is 10.5 Å². The van der Waals surface area contributed by atoms with E-state index in [0.717, 1.165) is 12.1 Å². The van der Waals surface area contributed by atoms with Crippen molar-refractivity contribution in [3.63, 3.8) is 0 Å². The van der Waals surface area contributed by atoms with Gasteiger partial charge in [0.25, 0.3) is 0 Å². The number of carbonyl (C=O) groups excluding carboxylic acids is 1. The molecule has 1 aliphatic rings. The van der Waals surface area contributed by atoms with Gasteiger partial charge in [-0.05, 0) is 19.3 Å². The number of aromatic nitrogens is 2. The summed E-state index contributed by atoms with van der Waals surface area (Å²) in [5.74, 6) is 0.593. The largest absolute Gasteiger partial charge is 0.394 e. The first-order chi connectivity index (χ1) is 8.09. The van der Waals surface area contributed by atoms with Gasteiger partial charge in [-0.1, -0.05) is 6.92 Å². The monoisotopic (exact) mass is 238 g/mol. The summed E-state index contributed by atoms with van der Waals surface area (Å²) >= 11 is 0. The van der Waals surface area contributed by atoms with Crippen molar-refractivity contribution in [2.24, 2.45) is 11.8 Å². The topological polar surface area (TPSA) is 93.0 Å². The molecule has 4 N–H and O–H groups in total. The van der Waals surface area contributed by atoms with Crippen LogP contribution in [0.4, 0.5) is 11.5 Å². The number of aromatic amines is 1. The quantitative estimate of drug-likeness (QED) is 0.714. The maximum absolute atomic E-state index is 12.1. The van der Waals surface area contributed by atoms with Crippen molar-refractivity contribution in [2.45, 2.75) is 20.3 Å². The van der Waals surface area contributed by atoms with Crippen LogP contribution in [0.1, 0.15) is 19.0 Å². The number of hydrogen-bond donors (Lipinski definition) is 3. The first-order valence-corrected chi connectivity index (χ1v) is 5.78. The molecule has 0 aromatic carbocycles. The highest BCUT2D eigenvalue weighted by molar-refractivity contribution is 5.94. The van der Waals surface area contributed by atoms with Crippen LogP contribution in [0.3, 0.4) is 0 Å². The summed E-state index contributed by atoms with van der Waals surface area (Å²) in [5, 5.41) is 9.47. The number of nitrogens with one attached hydrogen (secondary N) is 2. The van der Waals surface area contributed by atoms with Gasteiger partial charge in [-0.3, -0.25) is 9.89 Å². The average molecular weight is 238 g/mol. The van der Waals surface area contributed by atoms with Crippen LogP contribution in [0, 0.1) is 18.8 Å². The third kappa shape index (κ3) is 2.41. The lowest BCUT2D eigenvalue weighted by atomic mass is 9.89. The van der Waals surface area contributed by atoms with Gasteiger partial charge in [0.2, 0.25) is 5.91 Å². The molecule has 2 heterocycles. The fourth-order valence-corrected chi connectivity index (χ4v) is 2.01. The van der Waals surface area contributed by atoms with E-state index in [1.807, 2.05) is 13.8 Å². The van der Waals surface area contributed by atoms with E-state index >= 15 is 0 Å². The van der Waals surface area contributed by atoms with Crippen LogP contribution >= 0.6 is 0 Å². The molecule has 2 atom stereocenters. The van der Waals surface area contributed by atoms with E-state index in [1.165, 1.54) is 0 Å². The summed E-state index contributed by atoms with van der Waals surface area (Å²) in [6.07, 6.45) is 0.746. The number of hydrogen-bond acceptors (Lipinski definition) is 4. The van der Waals surface area contributed by atoms with E-state index in [9.17, 15) is 4.79 Å². The Labute approximate surface area is 99.9 Å². The van der Waals surface area contributed by atoms with Crippen molar-refractivity contribution in [2.75, 3.05) is 24.3 Å². The highest BCUT2D eigenvalue weighted by atomic mass is 16.5. The molecule has 0 radical (unpaired) electrons. The highest BCUT2D eigenvalue weighted by Gasteiger charge is 2.29. The summed E-state index contributed by atoms with van der Waals surface area (Å²) in [5.41, 5.74) is 7.04. The molecule has 0 bridgehead atoms. The van der Waals surface area contributed by atoms with Crippen LogP contribution in [0.2, 0.25) is 0 Å². The molecule has 2 unspecified atom stereocenters. The van der Waals surface area contributed by atoms with Gasteiger partial charge < -0.3 is 15.8 Å².